The molecule has 1 heteroatoms. The van der Waals surface area contributed by atoms with Gasteiger partial charge in [-0.05, 0) is 111 Å². The lowest BCUT2D eigenvalue weighted by molar-refractivity contribution is -0.138. The minimum atomic E-state index is -0.415. The van der Waals surface area contributed by atoms with Crippen LogP contribution in [0.25, 0.3) is 0 Å². The molecule has 0 aromatic heterocycles. The molecule has 4 aliphatic rings. The van der Waals surface area contributed by atoms with Crippen LogP contribution in [-0.4, -0.2) is 10.7 Å². The van der Waals surface area contributed by atoms with Gasteiger partial charge in [-0.2, -0.15) is 0 Å². The van der Waals surface area contributed by atoms with Crippen molar-refractivity contribution in [3.63, 3.8) is 0 Å². The fourth-order valence-corrected chi connectivity index (χ4v) is 9.19. The van der Waals surface area contributed by atoms with E-state index in [9.17, 15) is 5.11 Å². The van der Waals surface area contributed by atoms with Crippen molar-refractivity contribution in [1.29, 1.82) is 0 Å². The Morgan fingerprint density at radius 2 is 1.57 bits per heavy atom. The van der Waals surface area contributed by atoms with Crippen LogP contribution in [0.15, 0.2) is 0 Å². The summed E-state index contributed by atoms with van der Waals surface area (Å²) in [5, 5.41) is 10.9. The third kappa shape index (κ3) is 3.40. The molecule has 4 rings (SSSR count). The molecule has 0 aromatic carbocycles. The Morgan fingerprint density at radius 1 is 0.857 bits per heavy atom. The largest absolute Gasteiger partial charge is 0.390 e. The van der Waals surface area contributed by atoms with Gasteiger partial charge in [-0.25, -0.2) is 0 Å². The highest BCUT2D eigenvalue weighted by Crippen LogP contribution is 2.66. The maximum atomic E-state index is 10.9. The summed E-state index contributed by atoms with van der Waals surface area (Å²) in [5.41, 5.74) is 0.211. The second kappa shape index (κ2) is 7.90. The van der Waals surface area contributed by atoms with E-state index < -0.39 is 5.60 Å². The van der Waals surface area contributed by atoms with Crippen LogP contribution in [0.3, 0.4) is 0 Å². The molecule has 0 heterocycles. The van der Waals surface area contributed by atoms with E-state index >= 15 is 0 Å². The summed E-state index contributed by atoms with van der Waals surface area (Å²) in [7, 11) is 0. The molecule has 10 atom stereocenters. The molecule has 0 aromatic rings. The zero-order valence-electron chi connectivity index (χ0n) is 19.6. The van der Waals surface area contributed by atoms with Crippen molar-refractivity contribution in [3.8, 4) is 0 Å². The Morgan fingerprint density at radius 3 is 2.32 bits per heavy atom. The first-order valence-corrected chi connectivity index (χ1v) is 13.0. The fraction of sp³-hybridized carbons (Fsp3) is 1.00. The first-order chi connectivity index (χ1) is 13.3. The van der Waals surface area contributed by atoms with Crippen LogP contribution in [0.5, 0.6) is 0 Å². The summed E-state index contributed by atoms with van der Waals surface area (Å²) < 4.78 is 0. The predicted molar refractivity (Wildman–Crippen MR) is 119 cm³/mol. The van der Waals surface area contributed by atoms with E-state index in [4.69, 9.17) is 0 Å². The second-order valence-corrected chi connectivity index (χ2v) is 12.2. The smallest absolute Gasteiger partial charge is 0.0648 e. The molecule has 4 fully saturated rings. The molecule has 0 unspecified atom stereocenters. The van der Waals surface area contributed by atoms with Gasteiger partial charge in [0.25, 0.3) is 0 Å². The van der Waals surface area contributed by atoms with Crippen LogP contribution in [-0.2, 0) is 0 Å². The van der Waals surface area contributed by atoms with Crippen LogP contribution >= 0.6 is 0 Å². The Balaban J connectivity index is 1.47. The molecule has 0 saturated heterocycles. The third-order valence-corrected chi connectivity index (χ3v) is 11.1. The Hall–Kier alpha value is -0.0400. The van der Waals surface area contributed by atoms with Gasteiger partial charge in [0.05, 0.1) is 5.60 Å². The van der Waals surface area contributed by atoms with Crippen molar-refractivity contribution < 1.29 is 5.11 Å². The van der Waals surface area contributed by atoms with Gasteiger partial charge in [0, 0.05) is 0 Å². The van der Waals surface area contributed by atoms with E-state index in [1.165, 1.54) is 70.6 Å². The maximum Gasteiger partial charge on any atom is 0.0648 e. The Bertz CT molecular complexity index is 538. The van der Waals surface area contributed by atoms with E-state index in [0.29, 0.717) is 11.3 Å². The highest BCUT2D eigenvalue weighted by Gasteiger charge is 2.59. The van der Waals surface area contributed by atoms with E-state index in [1.54, 1.807) is 0 Å². The minimum Gasteiger partial charge on any atom is -0.390 e. The lowest BCUT2D eigenvalue weighted by Gasteiger charge is -2.59. The summed E-state index contributed by atoms with van der Waals surface area (Å²) in [6.45, 7) is 12.1. The summed E-state index contributed by atoms with van der Waals surface area (Å²) in [4.78, 5) is 0. The summed E-state index contributed by atoms with van der Waals surface area (Å²) in [6.07, 6.45) is 16.9. The summed E-state index contributed by atoms with van der Waals surface area (Å²) in [6, 6.07) is 0. The van der Waals surface area contributed by atoms with E-state index in [1.807, 2.05) is 0 Å². The van der Waals surface area contributed by atoms with E-state index in [-0.39, 0.29) is 0 Å². The molecule has 162 valence electrons. The van der Waals surface area contributed by atoms with Crippen molar-refractivity contribution >= 4 is 0 Å². The number of hydrogen-bond donors (Lipinski definition) is 1. The van der Waals surface area contributed by atoms with Crippen LogP contribution in [0.4, 0.5) is 0 Å². The number of aliphatic hydroxyl groups is 1. The summed E-state index contributed by atoms with van der Waals surface area (Å²) in [5.74, 6) is 7.09. The highest BCUT2D eigenvalue weighted by atomic mass is 16.3. The van der Waals surface area contributed by atoms with Gasteiger partial charge in [0.2, 0.25) is 0 Å². The molecular formula is C27H48O. The number of fused-ring (bicyclic) bond motifs is 5. The standard InChI is InChI=1S/C27H48O/c1-6-7-8-9-18(2)20-14-16-26(4)24(20)13-11-23-22-15-17-27(5,28)19(3)21(22)10-12-25(23)26/h18-25,28H,6-17H2,1-5H3/t18-,19+,20-,21+,22+,23+,24-,25+,26-,27+/m1/s1. The molecule has 4 saturated carbocycles. The van der Waals surface area contributed by atoms with Crippen molar-refractivity contribution in [2.24, 2.45) is 52.8 Å². The fourth-order valence-electron chi connectivity index (χ4n) is 9.19. The average Bonchev–Trinajstić information content (AvgIpc) is 3.02. The molecule has 1 N–H and O–H groups in total. The lowest BCUT2D eigenvalue weighted by Crippen LogP contribution is -2.54. The molecule has 1 nitrogen and oxygen atoms in total. The van der Waals surface area contributed by atoms with E-state index in [0.717, 1.165) is 47.8 Å². The van der Waals surface area contributed by atoms with Gasteiger partial charge in [-0.1, -0.05) is 53.4 Å². The first-order valence-electron chi connectivity index (χ1n) is 13.0. The highest BCUT2D eigenvalue weighted by molar-refractivity contribution is 5.08. The Labute approximate surface area is 175 Å². The van der Waals surface area contributed by atoms with Crippen LogP contribution in [0.1, 0.15) is 112 Å². The first kappa shape index (κ1) is 21.2. The molecule has 0 radical (unpaired) electrons. The maximum absolute atomic E-state index is 10.9. The minimum absolute atomic E-state index is 0.415. The van der Waals surface area contributed by atoms with Crippen LogP contribution in [0, 0.1) is 52.8 Å². The SMILES string of the molecule is CCCCC[C@@H](C)[C@H]1CC[C@]2(C)[C@@H]1CC[C@H]1[C@H]3CC[C@](C)(O)[C@@H](C)[C@@H]3CC[C@@H]12. The quantitative estimate of drug-likeness (QED) is 0.484. The normalized spacial score (nSPS) is 51.9. The molecule has 4 aliphatic carbocycles. The van der Waals surface area contributed by atoms with Gasteiger partial charge in [-0.3, -0.25) is 0 Å². The van der Waals surface area contributed by atoms with Crippen molar-refractivity contribution in [2.75, 3.05) is 0 Å². The van der Waals surface area contributed by atoms with Gasteiger partial charge >= 0.3 is 0 Å². The molecule has 0 bridgehead atoms. The zero-order valence-corrected chi connectivity index (χ0v) is 19.6. The van der Waals surface area contributed by atoms with Crippen molar-refractivity contribution in [1.82, 2.24) is 0 Å². The zero-order chi connectivity index (χ0) is 20.1. The average molecular weight is 389 g/mol. The third-order valence-electron chi connectivity index (χ3n) is 11.1. The monoisotopic (exact) mass is 388 g/mol. The number of rotatable bonds is 5. The topological polar surface area (TPSA) is 20.2 Å². The molecule has 0 aliphatic heterocycles. The van der Waals surface area contributed by atoms with Crippen LogP contribution < -0.4 is 0 Å². The summed E-state index contributed by atoms with van der Waals surface area (Å²) >= 11 is 0. The molecular weight excluding hydrogens is 340 g/mol. The Kier molecular flexibility index (Phi) is 5.98. The van der Waals surface area contributed by atoms with Crippen LogP contribution in [0.2, 0.25) is 0 Å². The van der Waals surface area contributed by atoms with Crippen molar-refractivity contribution in [3.05, 3.63) is 0 Å². The molecule has 28 heavy (non-hydrogen) atoms. The van der Waals surface area contributed by atoms with E-state index in [2.05, 4.69) is 34.6 Å². The predicted octanol–water partition coefficient (Wildman–Crippen LogP) is 7.47. The molecule has 0 spiro atoms. The van der Waals surface area contributed by atoms with Gasteiger partial charge in [-0.15, -0.1) is 0 Å². The van der Waals surface area contributed by atoms with Gasteiger partial charge < -0.3 is 5.11 Å². The van der Waals surface area contributed by atoms with Gasteiger partial charge in [0.15, 0.2) is 0 Å². The number of unbranched alkanes of at least 4 members (excludes halogenated alkanes) is 2. The van der Waals surface area contributed by atoms with Crippen molar-refractivity contribution in [2.45, 2.75) is 117 Å². The molecule has 0 amide bonds. The number of hydrogen-bond acceptors (Lipinski definition) is 1. The second-order valence-electron chi connectivity index (χ2n) is 12.2. The van der Waals surface area contributed by atoms with Gasteiger partial charge in [0.1, 0.15) is 0 Å². The lowest BCUT2D eigenvalue weighted by atomic mass is 9.46.